The molecule has 2 aromatic heterocycles. The largest absolute Gasteiger partial charge is 0.365 e. The quantitative estimate of drug-likeness (QED) is 0.743. The van der Waals surface area contributed by atoms with Gasteiger partial charge in [-0.1, -0.05) is 12.1 Å². The molecule has 116 valence electrons. The highest BCUT2D eigenvalue weighted by Gasteiger charge is 2.30. The second-order valence-electron chi connectivity index (χ2n) is 6.43. The first kappa shape index (κ1) is 13.3. The Morgan fingerprint density at radius 3 is 3.09 bits per heavy atom. The van der Waals surface area contributed by atoms with E-state index in [2.05, 4.69) is 28.1 Å². The number of thiazole rings is 1. The standard InChI is InChI=1S/C18H17N3OS/c22-17-10-13(19-18-21(17)8-9-23-18)11-20-7-6-15-14(12-4-5-12)2-1-3-16(15)20/h1-3,8-10,12H,4-7,11H2. The van der Waals surface area contributed by atoms with E-state index in [-0.39, 0.29) is 5.56 Å². The summed E-state index contributed by atoms with van der Waals surface area (Å²) in [6.45, 7) is 1.73. The molecule has 4 nitrogen and oxygen atoms in total. The molecule has 0 unspecified atom stereocenters. The molecule has 5 rings (SSSR count). The first-order valence-corrected chi connectivity index (χ1v) is 9.00. The van der Waals surface area contributed by atoms with Crippen LogP contribution in [0.1, 0.15) is 35.6 Å². The zero-order valence-electron chi connectivity index (χ0n) is 12.7. The molecular formula is C18H17N3OS. The van der Waals surface area contributed by atoms with E-state index in [1.165, 1.54) is 35.4 Å². The number of benzene rings is 1. The number of fused-ring (bicyclic) bond motifs is 2. The molecule has 1 saturated carbocycles. The van der Waals surface area contributed by atoms with Gasteiger partial charge in [-0.05, 0) is 42.4 Å². The number of nitrogens with zero attached hydrogens (tertiary/aromatic N) is 3. The van der Waals surface area contributed by atoms with Crippen LogP contribution < -0.4 is 10.5 Å². The average Bonchev–Trinajstić information content (AvgIpc) is 3.15. The summed E-state index contributed by atoms with van der Waals surface area (Å²) in [5.74, 6) is 0.787. The van der Waals surface area contributed by atoms with Gasteiger partial charge in [0.15, 0.2) is 4.96 Å². The van der Waals surface area contributed by atoms with Crippen molar-refractivity contribution < 1.29 is 0 Å². The smallest absolute Gasteiger partial charge is 0.258 e. The monoisotopic (exact) mass is 323 g/mol. The summed E-state index contributed by atoms with van der Waals surface area (Å²) in [7, 11) is 0. The fourth-order valence-electron chi connectivity index (χ4n) is 3.63. The van der Waals surface area contributed by atoms with E-state index in [9.17, 15) is 4.79 Å². The lowest BCUT2D eigenvalue weighted by Crippen LogP contribution is -2.22. The van der Waals surface area contributed by atoms with E-state index in [0.717, 1.165) is 29.5 Å². The number of hydrogen-bond acceptors (Lipinski definition) is 4. The summed E-state index contributed by atoms with van der Waals surface area (Å²) in [5, 5.41) is 1.90. The average molecular weight is 323 g/mol. The van der Waals surface area contributed by atoms with E-state index in [1.807, 2.05) is 5.38 Å². The molecule has 1 aliphatic heterocycles. The van der Waals surface area contributed by atoms with Gasteiger partial charge < -0.3 is 4.90 Å². The van der Waals surface area contributed by atoms with Crippen LogP contribution in [0, 0.1) is 0 Å². The maximum atomic E-state index is 12.1. The molecule has 0 N–H and O–H groups in total. The first-order valence-electron chi connectivity index (χ1n) is 8.12. The van der Waals surface area contributed by atoms with Crippen LogP contribution >= 0.6 is 11.3 Å². The van der Waals surface area contributed by atoms with E-state index >= 15 is 0 Å². The normalized spacial score (nSPS) is 17.0. The topological polar surface area (TPSA) is 37.6 Å². The third-order valence-electron chi connectivity index (χ3n) is 4.89. The van der Waals surface area contributed by atoms with Crippen LogP contribution in [0.15, 0.2) is 40.6 Å². The lowest BCUT2D eigenvalue weighted by molar-refractivity contribution is 0.810. The Morgan fingerprint density at radius 2 is 2.22 bits per heavy atom. The molecule has 1 aromatic carbocycles. The molecule has 1 aliphatic carbocycles. The zero-order valence-corrected chi connectivity index (χ0v) is 13.6. The van der Waals surface area contributed by atoms with E-state index < -0.39 is 0 Å². The highest BCUT2D eigenvalue weighted by molar-refractivity contribution is 7.15. The lowest BCUT2D eigenvalue weighted by Gasteiger charge is -2.19. The molecule has 0 bridgehead atoms. The Kier molecular flexibility index (Phi) is 2.85. The van der Waals surface area contributed by atoms with Crippen molar-refractivity contribution in [1.82, 2.24) is 9.38 Å². The number of anilines is 1. The molecule has 3 heterocycles. The maximum absolute atomic E-state index is 12.1. The molecule has 0 atom stereocenters. The summed E-state index contributed by atoms with van der Waals surface area (Å²) in [5.41, 5.74) is 5.28. The van der Waals surface area contributed by atoms with Crippen LogP contribution in [0.4, 0.5) is 5.69 Å². The predicted molar refractivity (Wildman–Crippen MR) is 92.5 cm³/mol. The highest BCUT2D eigenvalue weighted by atomic mass is 32.1. The molecule has 23 heavy (non-hydrogen) atoms. The SMILES string of the molecule is O=c1cc(CN2CCc3c(C4CC4)cccc32)nc2sccn12. The van der Waals surface area contributed by atoms with Crippen molar-refractivity contribution in [3.05, 3.63) is 63.0 Å². The third-order valence-corrected chi connectivity index (χ3v) is 5.64. The van der Waals surface area contributed by atoms with E-state index in [0.29, 0.717) is 6.54 Å². The number of hydrogen-bond donors (Lipinski definition) is 0. The summed E-state index contributed by atoms with van der Waals surface area (Å²) in [4.78, 5) is 19.9. The van der Waals surface area contributed by atoms with Gasteiger partial charge in [0.25, 0.3) is 5.56 Å². The van der Waals surface area contributed by atoms with Gasteiger partial charge in [-0.3, -0.25) is 9.20 Å². The van der Waals surface area contributed by atoms with Crippen LogP contribution in [-0.2, 0) is 13.0 Å². The van der Waals surface area contributed by atoms with Gasteiger partial charge in [0.1, 0.15) is 0 Å². The van der Waals surface area contributed by atoms with Crippen LogP contribution in [-0.4, -0.2) is 15.9 Å². The summed E-state index contributed by atoms with van der Waals surface area (Å²) in [6, 6.07) is 8.35. The second-order valence-corrected chi connectivity index (χ2v) is 7.31. The minimum atomic E-state index is 0.0115. The Labute approximate surface area is 138 Å². The highest BCUT2D eigenvalue weighted by Crippen LogP contribution is 2.45. The van der Waals surface area contributed by atoms with Crippen molar-refractivity contribution in [1.29, 1.82) is 0 Å². The van der Waals surface area contributed by atoms with Gasteiger partial charge >= 0.3 is 0 Å². The van der Waals surface area contributed by atoms with Gasteiger partial charge in [0.2, 0.25) is 0 Å². The van der Waals surface area contributed by atoms with Gasteiger partial charge in [-0.2, -0.15) is 0 Å². The van der Waals surface area contributed by atoms with Crippen molar-refractivity contribution >= 4 is 22.0 Å². The Bertz CT molecular complexity index is 954. The summed E-state index contributed by atoms with van der Waals surface area (Å²) < 4.78 is 1.61. The van der Waals surface area contributed by atoms with Crippen molar-refractivity contribution in [3.8, 4) is 0 Å². The Morgan fingerprint density at radius 1 is 1.30 bits per heavy atom. The zero-order chi connectivity index (χ0) is 15.4. The number of aromatic nitrogens is 2. The summed E-state index contributed by atoms with van der Waals surface area (Å²) >= 11 is 1.51. The molecule has 0 saturated heterocycles. The molecular weight excluding hydrogens is 306 g/mol. The maximum Gasteiger partial charge on any atom is 0.258 e. The van der Waals surface area contributed by atoms with Gasteiger partial charge in [0, 0.05) is 29.9 Å². The van der Waals surface area contributed by atoms with Crippen LogP contribution in [0.3, 0.4) is 0 Å². The molecule has 2 aliphatic rings. The van der Waals surface area contributed by atoms with Crippen molar-refractivity contribution in [2.45, 2.75) is 31.7 Å². The predicted octanol–water partition coefficient (Wildman–Crippen LogP) is 3.20. The Hall–Kier alpha value is -2.14. The van der Waals surface area contributed by atoms with Gasteiger partial charge in [0.05, 0.1) is 12.2 Å². The number of rotatable bonds is 3. The fraction of sp³-hybridized carbons (Fsp3) is 0.333. The first-order chi connectivity index (χ1) is 11.3. The van der Waals surface area contributed by atoms with Crippen molar-refractivity contribution in [2.24, 2.45) is 0 Å². The third kappa shape index (κ3) is 2.18. The fourth-order valence-corrected chi connectivity index (χ4v) is 4.37. The molecule has 0 radical (unpaired) electrons. The van der Waals surface area contributed by atoms with Crippen molar-refractivity contribution in [3.63, 3.8) is 0 Å². The molecule has 0 amide bonds. The van der Waals surface area contributed by atoms with Gasteiger partial charge in [-0.25, -0.2) is 4.98 Å². The molecule has 0 spiro atoms. The second kappa shape index (κ2) is 4.93. The minimum Gasteiger partial charge on any atom is -0.365 e. The van der Waals surface area contributed by atoms with E-state index in [1.54, 1.807) is 22.2 Å². The summed E-state index contributed by atoms with van der Waals surface area (Å²) in [6.07, 6.45) is 5.57. The Balaban J connectivity index is 1.50. The van der Waals surface area contributed by atoms with Gasteiger partial charge in [-0.15, -0.1) is 11.3 Å². The van der Waals surface area contributed by atoms with Crippen LogP contribution in [0.25, 0.3) is 4.96 Å². The van der Waals surface area contributed by atoms with Crippen molar-refractivity contribution in [2.75, 3.05) is 11.4 Å². The molecule has 1 fully saturated rings. The molecule has 5 heteroatoms. The lowest BCUT2D eigenvalue weighted by atomic mass is 10.0. The minimum absolute atomic E-state index is 0.0115. The van der Waals surface area contributed by atoms with Crippen LogP contribution in [0.5, 0.6) is 0 Å². The molecule has 3 aromatic rings. The van der Waals surface area contributed by atoms with E-state index in [4.69, 9.17) is 0 Å². The van der Waals surface area contributed by atoms with Crippen LogP contribution in [0.2, 0.25) is 0 Å².